The molecule has 0 unspecified atom stereocenters. The molecule has 3 rings (SSSR count). The summed E-state index contributed by atoms with van der Waals surface area (Å²) in [6, 6.07) is 15.9. The highest BCUT2D eigenvalue weighted by atomic mass is 79.9. The molecule has 2 aromatic carbocycles. The van der Waals surface area contributed by atoms with Crippen LogP contribution in [0.3, 0.4) is 0 Å². The van der Waals surface area contributed by atoms with E-state index in [1.807, 2.05) is 55.5 Å². The molecule has 0 radical (unpaired) electrons. The average Bonchev–Trinajstić information content (AvgIpc) is 2.88. The maximum absolute atomic E-state index is 5.57. The van der Waals surface area contributed by atoms with Crippen molar-refractivity contribution in [3.8, 4) is 11.5 Å². The number of rotatable bonds is 4. The van der Waals surface area contributed by atoms with Gasteiger partial charge in [0.15, 0.2) is 0 Å². The van der Waals surface area contributed by atoms with E-state index in [1.54, 1.807) is 4.68 Å². The molecule has 0 atom stereocenters. The molecule has 1 aromatic heterocycles. The molecule has 1 N–H and O–H groups in total. The molecule has 3 aromatic rings. The van der Waals surface area contributed by atoms with Crippen molar-refractivity contribution in [2.75, 3.05) is 5.32 Å². The van der Waals surface area contributed by atoms with E-state index in [9.17, 15) is 0 Å². The summed E-state index contributed by atoms with van der Waals surface area (Å²) >= 11 is 8.63. The Hall–Kier alpha value is -1.92. The zero-order valence-corrected chi connectivity index (χ0v) is 14.3. The number of nitrogens with one attached hydrogen (secondary N) is 1. The van der Waals surface area contributed by atoms with Crippen LogP contribution in [0, 0.1) is 11.8 Å². The van der Waals surface area contributed by atoms with Gasteiger partial charge in [0.05, 0.1) is 0 Å². The minimum atomic E-state index is 0.347. The first-order chi connectivity index (χ1) is 10.6. The first-order valence-corrected chi connectivity index (χ1v) is 7.96. The first kappa shape index (κ1) is 15.0. The fraction of sp³-hybridized carbons (Fsp3) is 0.125. The summed E-state index contributed by atoms with van der Waals surface area (Å²) < 4.78 is 8.24. The molecule has 4 nitrogen and oxygen atoms in total. The summed E-state index contributed by atoms with van der Waals surface area (Å²) in [7, 11) is 0. The van der Waals surface area contributed by atoms with Gasteiger partial charge in [-0.05, 0) is 55.5 Å². The Kier molecular flexibility index (Phi) is 4.40. The molecular weight excluding hydrogens is 362 g/mol. The van der Waals surface area contributed by atoms with Crippen LogP contribution < -0.4 is 5.32 Å². The molecule has 0 aliphatic rings. The standard InChI is InChI=1S/C16H14BrN3OS/c1-11-2-4-12(5-3-11)15-19-20(16(22)21-15)10-18-14-8-6-13(17)7-9-14/h2-9,18H,10H2,1H3. The molecular formula is C16H14BrN3OS. The lowest BCUT2D eigenvalue weighted by Gasteiger charge is -2.05. The molecule has 112 valence electrons. The van der Waals surface area contributed by atoms with Crippen LogP contribution in [0.15, 0.2) is 57.4 Å². The van der Waals surface area contributed by atoms with Crippen LogP contribution in [0.25, 0.3) is 11.5 Å². The van der Waals surface area contributed by atoms with Gasteiger partial charge in [-0.1, -0.05) is 33.6 Å². The van der Waals surface area contributed by atoms with E-state index in [0.29, 0.717) is 17.4 Å². The normalized spacial score (nSPS) is 10.6. The molecule has 0 saturated carbocycles. The average molecular weight is 376 g/mol. The van der Waals surface area contributed by atoms with Crippen molar-refractivity contribution in [3.05, 3.63) is 63.4 Å². The molecule has 0 saturated heterocycles. The van der Waals surface area contributed by atoms with Gasteiger partial charge < -0.3 is 9.73 Å². The Morgan fingerprint density at radius 2 is 1.82 bits per heavy atom. The van der Waals surface area contributed by atoms with Crippen molar-refractivity contribution in [1.82, 2.24) is 9.78 Å². The third kappa shape index (κ3) is 3.45. The maximum atomic E-state index is 5.57. The van der Waals surface area contributed by atoms with Crippen molar-refractivity contribution in [2.45, 2.75) is 13.6 Å². The highest BCUT2D eigenvalue weighted by Gasteiger charge is 2.07. The fourth-order valence-corrected chi connectivity index (χ4v) is 2.40. The largest absolute Gasteiger partial charge is 0.409 e. The SMILES string of the molecule is Cc1ccc(-c2nn(CNc3ccc(Br)cc3)c(=S)o2)cc1. The van der Waals surface area contributed by atoms with E-state index in [2.05, 4.69) is 26.3 Å². The molecule has 22 heavy (non-hydrogen) atoms. The fourth-order valence-electron chi connectivity index (χ4n) is 1.95. The summed E-state index contributed by atoms with van der Waals surface area (Å²) in [6.07, 6.45) is 0. The minimum absolute atomic E-state index is 0.347. The lowest BCUT2D eigenvalue weighted by molar-refractivity contribution is 0.522. The van der Waals surface area contributed by atoms with Gasteiger partial charge >= 0.3 is 0 Å². The second kappa shape index (κ2) is 6.46. The third-order valence-electron chi connectivity index (χ3n) is 3.18. The summed E-state index contributed by atoms with van der Waals surface area (Å²) in [5, 5.41) is 7.67. The van der Waals surface area contributed by atoms with Crippen LogP contribution in [0.5, 0.6) is 0 Å². The number of anilines is 1. The lowest BCUT2D eigenvalue weighted by atomic mass is 10.1. The Bertz CT molecular complexity index is 822. The lowest BCUT2D eigenvalue weighted by Crippen LogP contribution is -2.09. The summed E-state index contributed by atoms with van der Waals surface area (Å²) in [5.41, 5.74) is 3.10. The van der Waals surface area contributed by atoms with Crippen molar-refractivity contribution >= 4 is 33.8 Å². The topological polar surface area (TPSA) is 43.0 Å². The van der Waals surface area contributed by atoms with Gasteiger partial charge in [0, 0.05) is 15.7 Å². The summed E-state index contributed by atoms with van der Waals surface area (Å²) in [5.74, 6) is 0.530. The number of hydrogen-bond donors (Lipinski definition) is 1. The molecule has 0 aliphatic carbocycles. The van der Waals surface area contributed by atoms with Crippen LogP contribution in [-0.2, 0) is 6.67 Å². The monoisotopic (exact) mass is 375 g/mol. The predicted molar refractivity (Wildman–Crippen MR) is 93.3 cm³/mol. The van der Waals surface area contributed by atoms with Gasteiger partial charge in [0.25, 0.3) is 4.84 Å². The van der Waals surface area contributed by atoms with E-state index >= 15 is 0 Å². The Balaban J connectivity index is 1.76. The molecule has 0 amide bonds. The number of nitrogens with zero attached hydrogens (tertiary/aromatic N) is 2. The quantitative estimate of drug-likeness (QED) is 0.650. The van der Waals surface area contributed by atoms with Crippen LogP contribution in [0.1, 0.15) is 5.56 Å². The predicted octanol–water partition coefficient (Wildman–Crippen LogP) is 5.01. The zero-order chi connectivity index (χ0) is 15.5. The minimum Gasteiger partial charge on any atom is -0.409 e. The van der Waals surface area contributed by atoms with E-state index in [0.717, 1.165) is 15.7 Å². The Morgan fingerprint density at radius 1 is 1.14 bits per heavy atom. The molecule has 6 heteroatoms. The Labute approximate surface area is 141 Å². The van der Waals surface area contributed by atoms with E-state index in [1.165, 1.54) is 5.56 Å². The van der Waals surface area contributed by atoms with E-state index < -0.39 is 0 Å². The summed E-state index contributed by atoms with van der Waals surface area (Å²) in [6.45, 7) is 2.50. The second-order valence-corrected chi connectivity index (χ2v) is 6.15. The van der Waals surface area contributed by atoms with Crippen LogP contribution in [0.2, 0.25) is 0 Å². The summed E-state index contributed by atoms with van der Waals surface area (Å²) in [4.78, 5) is 0.347. The van der Waals surface area contributed by atoms with Crippen LogP contribution in [0.4, 0.5) is 5.69 Å². The zero-order valence-electron chi connectivity index (χ0n) is 11.9. The van der Waals surface area contributed by atoms with Gasteiger partial charge in [-0.15, -0.1) is 5.10 Å². The van der Waals surface area contributed by atoms with Crippen molar-refractivity contribution in [3.63, 3.8) is 0 Å². The smallest absolute Gasteiger partial charge is 0.289 e. The molecule has 0 bridgehead atoms. The first-order valence-electron chi connectivity index (χ1n) is 6.76. The van der Waals surface area contributed by atoms with Crippen molar-refractivity contribution in [2.24, 2.45) is 0 Å². The number of aryl methyl sites for hydroxylation is 1. The van der Waals surface area contributed by atoms with E-state index in [-0.39, 0.29) is 0 Å². The molecule has 0 spiro atoms. The molecule has 0 fully saturated rings. The maximum Gasteiger partial charge on any atom is 0.289 e. The highest BCUT2D eigenvalue weighted by Crippen LogP contribution is 2.19. The number of halogens is 1. The van der Waals surface area contributed by atoms with E-state index in [4.69, 9.17) is 16.6 Å². The van der Waals surface area contributed by atoms with Gasteiger partial charge in [0.1, 0.15) is 6.67 Å². The van der Waals surface area contributed by atoms with Crippen LogP contribution >= 0.6 is 28.1 Å². The number of benzene rings is 2. The highest BCUT2D eigenvalue weighted by molar-refractivity contribution is 9.10. The van der Waals surface area contributed by atoms with Gasteiger partial charge in [0.2, 0.25) is 5.89 Å². The second-order valence-electron chi connectivity index (χ2n) is 4.88. The van der Waals surface area contributed by atoms with Crippen LogP contribution in [-0.4, -0.2) is 9.78 Å². The van der Waals surface area contributed by atoms with Crippen molar-refractivity contribution < 1.29 is 4.42 Å². The number of hydrogen-bond acceptors (Lipinski definition) is 4. The van der Waals surface area contributed by atoms with Gasteiger partial charge in [-0.2, -0.15) is 0 Å². The third-order valence-corrected chi connectivity index (χ3v) is 4.00. The van der Waals surface area contributed by atoms with Crippen molar-refractivity contribution in [1.29, 1.82) is 0 Å². The molecule has 0 aliphatic heterocycles. The number of aromatic nitrogens is 2. The Morgan fingerprint density at radius 3 is 2.50 bits per heavy atom. The van der Waals surface area contributed by atoms with Gasteiger partial charge in [-0.3, -0.25) is 0 Å². The van der Waals surface area contributed by atoms with Gasteiger partial charge in [-0.25, -0.2) is 4.68 Å². The molecule has 1 heterocycles.